The average Bonchev–Trinajstić information content (AvgIpc) is 2.93. The molecule has 1 saturated heterocycles. The van der Waals surface area contributed by atoms with Crippen LogP contribution >= 0.6 is 0 Å². The lowest BCUT2D eigenvalue weighted by Crippen LogP contribution is -2.62. The van der Waals surface area contributed by atoms with Gasteiger partial charge in [0, 0.05) is 26.0 Å². The molecule has 0 spiro atoms. The van der Waals surface area contributed by atoms with Gasteiger partial charge in [-0.3, -0.25) is 14.4 Å². The van der Waals surface area contributed by atoms with Crippen molar-refractivity contribution in [1.29, 1.82) is 0 Å². The normalized spacial score (nSPS) is 17.3. The Bertz CT molecular complexity index is 918. The number of hydroxylamine groups is 1. The predicted octanol–water partition coefficient (Wildman–Crippen LogP) is 3.02. The fourth-order valence-electron chi connectivity index (χ4n) is 4.11. The van der Waals surface area contributed by atoms with Gasteiger partial charge in [-0.1, -0.05) is 70.2 Å². The van der Waals surface area contributed by atoms with Gasteiger partial charge in [0.15, 0.2) is 6.29 Å². The molecule has 2 rings (SSSR count). The zero-order valence-corrected chi connectivity index (χ0v) is 23.8. The summed E-state index contributed by atoms with van der Waals surface area (Å²) >= 11 is 0. The molecule has 1 unspecified atom stereocenters. The van der Waals surface area contributed by atoms with Crippen molar-refractivity contribution in [3.05, 3.63) is 42.0 Å². The van der Waals surface area contributed by atoms with E-state index in [1.807, 2.05) is 64.1 Å². The molecule has 0 aliphatic carbocycles. The summed E-state index contributed by atoms with van der Waals surface area (Å²) in [4.78, 5) is 46.3. The number of carbonyl (C=O) groups is 3. The molecule has 1 aliphatic heterocycles. The largest absolute Gasteiger partial charge is 0.394 e. The zero-order valence-electron chi connectivity index (χ0n) is 23.8. The van der Waals surface area contributed by atoms with Crippen molar-refractivity contribution >= 4 is 23.8 Å². The second kappa shape index (κ2) is 17.0. The van der Waals surface area contributed by atoms with Gasteiger partial charge in [0.1, 0.15) is 12.1 Å². The molecule has 3 amide bonds. The highest BCUT2D eigenvalue weighted by atomic mass is 16.8. The van der Waals surface area contributed by atoms with E-state index in [1.54, 1.807) is 6.08 Å². The molecule has 4 N–H and O–H groups in total. The molecule has 1 aliphatic rings. The van der Waals surface area contributed by atoms with E-state index >= 15 is 0 Å². The van der Waals surface area contributed by atoms with Crippen LogP contribution in [-0.4, -0.2) is 71.0 Å². The minimum atomic E-state index is -1.24. The maximum atomic E-state index is 13.7. The summed E-state index contributed by atoms with van der Waals surface area (Å²) < 4.78 is 5.56. The Balaban J connectivity index is 2.44. The van der Waals surface area contributed by atoms with Crippen LogP contribution in [0.2, 0.25) is 0 Å². The molecule has 10 nitrogen and oxygen atoms in total. The Morgan fingerprint density at radius 3 is 2.46 bits per heavy atom. The van der Waals surface area contributed by atoms with Crippen LogP contribution in [0.5, 0.6) is 0 Å². The molecule has 0 saturated carbocycles. The van der Waals surface area contributed by atoms with Crippen molar-refractivity contribution < 1.29 is 29.1 Å². The number of nitrogens with two attached hydrogens (primary N) is 1. The second-order valence-corrected chi connectivity index (χ2v) is 10.7. The Morgan fingerprint density at radius 1 is 1.15 bits per heavy atom. The van der Waals surface area contributed by atoms with Gasteiger partial charge in [-0.15, -0.1) is 0 Å². The number of aliphatic hydroxyl groups is 1. The number of aliphatic hydroxyl groups excluding tert-OH is 1. The maximum Gasteiger partial charge on any atom is 0.268 e. The van der Waals surface area contributed by atoms with Gasteiger partial charge in [0.05, 0.1) is 6.61 Å². The molecule has 39 heavy (non-hydrogen) atoms. The minimum Gasteiger partial charge on any atom is -0.394 e. The monoisotopic (exact) mass is 546 g/mol. The highest BCUT2D eigenvalue weighted by Gasteiger charge is 2.38. The average molecular weight is 547 g/mol. The Hall–Kier alpha value is -2.79. The van der Waals surface area contributed by atoms with E-state index in [-0.39, 0.29) is 37.1 Å². The molecule has 0 radical (unpaired) electrons. The number of hydrazine groups is 1. The third-order valence-corrected chi connectivity index (χ3v) is 6.25. The molecule has 1 aromatic rings. The summed E-state index contributed by atoms with van der Waals surface area (Å²) in [6.45, 7) is 7.89. The summed E-state index contributed by atoms with van der Waals surface area (Å²) in [5, 5.41) is 12.1. The standard InChI is InChI=1S/C29H46N4O6/c1-21(2)16-17-26(35)33(32(19-22(3)4)29(37)24(30)20-34)25(14-10-13-23-11-6-5-7-12-23)28(36)31-39-27-15-8-9-18-38-27/h5-7,10-13,21-22,24-25,27,34H,8-9,14-20,30H2,1-4H3,(H,31,36)/t24-,25+,27?/m1/s1. The fourth-order valence-corrected chi connectivity index (χ4v) is 4.11. The molecule has 0 bridgehead atoms. The van der Waals surface area contributed by atoms with Crippen LogP contribution in [0.1, 0.15) is 71.8 Å². The van der Waals surface area contributed by atoms with Crippen molar-refractivity contribution in [2.45, 2.75) is 84.6 Å². The summed E-state index contributed by atoms with van der Waals surface area (Å²) in [5.41, 5.74) is 9.34. The number of rotatable bonds is 14. The van der Waals surface area contributed by atoms with Gasteiger partial charge in [0.2, 0.25) is 5.91 Å². The van der Waals surface area contributed by atoms with E-state index in [1.165, 1.54) is 10.0 Å². The first-order valence-electron chi connectivity index (χ1n) is 13.9. The SMILES string of the molecule is CC(C)CCC(=O)N([C@@H](CC=Cc1ccccc1)C(=O)NOC1CCCCO1)N(CC(C)C)C(=O)[C@H](N)CO. The first-order chi connectivity index (χ1) is 18.6. The van der Waals surface area contributed by atoms with Crippen LogP contribution in [0.4, 0.5) is 0 Å². The zero-order chi connectivity index (χ0) is 28.8. The van der Waals surface area contributed by atoms with Crippen molar-refractivity contribution in [2.75, 3.05) is 19.8 Å². The predicted molar refractivity (Wildman–Crippen MR) is 149 cm³/mol. The van der Waals surface area contributed by atoms with Crippen LogP contribution in [-0.2, 0) is 24.0 Å². The van der Waals surface area contributed by atoms with Gasteiger partial charge in [-0.2, -0.15) is 0 Å². The van der Waals surface area contributed by atoms with Gasteiger partial charge in [-0.25, -0.2) is 20.3 Å². The summed E-state index contributed by atoms with van der Waals surface area (Å²) in [6.07, 6.45) is 6.37. The molecule has 1 heterocycles. The quantitative estimate of drug-likeness (QED) is 0.305. The van der Waals surface area contributed by atoms with Gasteiger partial charge >= 0.3 is 0 Å². The van der Waals surface area contributed by atoms with Gasteiger partial charge in [0.25, 0.3) is 11.8 Å². The van der Waals surface area contributed by atoms with Crippen LogP contribution in [0.3, 0.4) is 0 Å². The van der Waals surface area contributed by atoms with Crippen LogP contribution in [0, 0.1) is 11.8 Å². The maximum absolute atomic E-state index is 13.7. The first-order valence-corrected chi connectivity index (χ1v) is 13.9. The Kier molecular flexibility index (Phi) is 14.1. The van der Waals surface area contributed by atoms with E-state index in [2.05, 4.69) is 5.48 Å². The molecule has 218 valence electrons. The molecule has 0 aromatic heterocycles. The fraction of sp³-hybridized carbons (Fsp3) is 0.621. The van der Waals surface area contributed by atoms with E-state index in [0.717, 1.165) is 18.4 Å². The smallest absolute Gasteiger partial charge is 0.268 e. The molecule has 1 fully saturated rings. The topological polar surface area (TPSA) is 134 Å². The highest BCUT2D eigenvalue weighted by Crippen LogP contribution is 2.20. The number of nitrogens with zero attached hydrogens (tertiary/aromatic N) is 2. The molecular formula is C29H46N4O6. The van der Waals surface area contributed by atoms with E-state index in [4.69, 9.17) is 15.3 Å². The minimum absolute atomic E-state index is 0.0456. The third-order valence-electron chi connectivity index (χ3n) is 6.25. The van der Waals surface area contributed by atoms with Crippen molar-refractivity contribution in [3.63, 3.8) is 0 Å². The number of carbonyl (C=O) groups excluding carboxylic acids is 3. The summed E-state index contributed by atoms with van der Waals surface area (Å²) in [6, 6.07) is 7.23. The Morgan fingerprint density at radius 2 is 1.87 bits per heavy atom. The molecule has 3 atom stereocenters. The van der Waals surface area contributed by atoms with Crippen LogP contribution in [0.15, 0.2) is 36.4 Å². The van der Waals surface area contributed by atoms with E-state index in [9.17, 15) is 19.5 Å². The first kappa shape index (κ1) is 32.4. The van der Waals surface area contributed by atoms with Crippen molar-refractivity contribution in [1.82, 2.24) is 15.5 Å². The summed E-state index contributed by atoms with van der Waals surface area (Å²) in [7, 11) is 0. The third kappa shape index (κ3) is 11.1. The lowest BCUT2D eigenvalue weighted by atomic mass is 10.1. The van der Waals surface area contributed by atoms with Gasteiger partial charge in [-0.05, 0) is 43.1 Å². The number of hydrogen-bond acceptors (Lipinski definition) is 7. The number of amides is 3. The Labute approximate surface area is 232 Å². The molecular weight excluding hydrogens is 500 g/mol. The lowest BCUT2D eigenvalue weighted by molar-refractivity contribution is -0.206. The lowest BCUT2D eigenvalue weighted by Gasteiger charge is -2.41. The number of benzene rings is 1. The van der Waals surface area contributed by atoms with E-state index in [0.29, 0.717) is 19.4 Å². The summed E-state index contributed by atoms with van der Waals surface area (Å²) in [5.74, 6) is -1.41. The van der Waals surface area contributed by atoms with Gasteiger partial charge < -0.3 is 15.6 Å². The number of ether oxygens (including phenoxy) is 1. The van der Waals surface area contributed by atoms with Crippen LogP contribution in [0.25, 0.3) is 6.08 Å². The number of nitrogens with one attached hydrogen (secondary N) is 1. The number of hydrogen-bond donors (Lipinski definition) is 3. The highest BCUT2D eigenvalue weighted by molar-refractivity contribution is 5.90. The molecule has 1 aromatic carbocycles. The van der Waals surface area contributed by atoms with Crippen LogP contribution < -0.4 is 11.2 Å². The second-order valence-electron chi connectivity index (χ2n) is 10.7. The van der Waals surface area contributed by atoms with E-state index < -0.39 is 36.8 Å². The van der Waals surface area contributed by atoms with Crippen molar-refractivity contribution in [2.24, 2.45) is 17.6 Å². The van der Waals surface area contributed by atoms with Crippen molar-refractivity contribution in [3.8, 4) is 0 Å². The molecule has 10 heteroatoms.